The van der Waals surface area contributed by atoms with Crippen molar-refractivity contribution in [2.45, 2.75) is 51.7 Å². The van der Waals surface area contributed by atoms with Gasteiger partial charge in [0.2, 0.25) is 11.8 Å². The molecule has 2 aromatic carbocycles. The van der Waals surface area contributed by atoms with Crippen LogP contribution in [0.15, 0.2) is 65.3 Å². The van der Waals surface area contributed by atoms with Crippen LogP contribution in [0.5, 0.6) is 5.75 Å². The predicted octanol–water partition coefficient (Wildman–Crippen LogP) is 5.63. The molecule has 0 aliphatic heterocycles. The largest absolute Gasteiger partial charge is 0.493 e. The van der Waals surface area contributed by atoms with Crippen molar-refractivity contribution in [2.75, 3.05) is 26.8 Å². The lowest BCUT2D eigenvalue weighted by molar-refractivity contribution is -0.143. The highest BCUT2D eigenvalue weighted by molar-refractivity contribution is 8.13. The highest BCUT2D eigenvalue weighted by atomic mass is 32.2. The second-order valence-corrected chi connectivity index (χ2v) is 9.38. The van der Waals surface area contributed by atoms with Gasteiger partial charge in [0, 0.05) is 32.0 Å². The monoisotopic (exact) mass is 554 g/mol. The molecule has 1 aromatic heterocycles. The number of amides is 1. The van der Waals surface area contributed by atoms with E-state index in [1.807, 2.05) is 68.4 Å². The molecule has 8 nitrogen and oxygen atoms in total. The summed E-state index contributed by atoms with van der Waals surface area (Å²) in [7, 11) is 1.68. The number of ether oxygens (including phenoxy) is 2. The van der Waals surface area contributed by atoms with Gasteiger partial charge in [-0.3, -0.25) is 14.4 Å². The highest BCUT2D eigenvalue weighted by Crippen LogP contribution is 2.21. The first kappa shape index (κ1) is 31.6. The highest BCUT2D eigenvalue weighted by Gasteiger charge is 2.23. The third kappa shape index (κ3) is 11.0. The molecular formula is C30H38N2O6S. The quantitative estimate of drug-likeness (QED) is 0.176. The lowest BCUT2D eigenvalue weighted by Crippen LogP contribution is -2.36. The molecule has 1 unspecified atom stereocenters. The van der Waals surface area contributed by atoms with Gasteiger partial charge in [-0.05, 0) is 49.6 Å². The summed E-state index contributed by atoms with van der Waals surface area (Å²) in [5.74, 6) is 0.866. The van der Waals surface area contributed by atoms with Crippen LogP contribution < -0.4 is 4.74 Å². The lowest BCUT2D eigenvalue weighted by Gasteiger charge is -2.22. The van der Waals surface area contributed by atoms with Crippen LogP contribution in [0.25, 0.3) is 11.5 Å². The average Bonchev–Trinajstić information content (AvgIpc) is 3.44. The number of esters is 1. The molecule has 1 amide bonds. The third-order valence-corrected chi connectivity index (χ3v) is 6.40. The van der Waals surface area contributed by atoms with Crippen molar-refractivity contribution in [3.8, 4) is 17.2 Å². The first-order valence-corrected chi connectivity index (χ1v) is 14.2. The van der Waals surface area contributed by atoms with Gasteiger partial charge in [-0.25, -0.2) is 4.98 Å². The molecule has 0 saturated carbocycles. The van der Waals surface area contributed by atoms with Crippen LogP contribution in [0.4, 0.5) is 0 Å². The van der Waals surface area contributed by atoms with Crippen LogP contribution in [-0.2, 0) is 32.0 Å². The summed E-state index contributed by atoms with van der Waals surface area (Å²) in [5, 5.41) is -0.539. The van der Waals surface area contributed by atoms with E-state index in [0.717, 1.165) is 28.6 Å². The number of hydrogen-bond donors (Lipinski definition) is 0. The summed E-state index contributed by atoms with van der Waals surface area (Å²) < 4.78 is 16.3. The first-order chi connectivity index (χ1) is 19.0. The Balaban J connectivity index is 0.00000260. The number of oxazole rings is 1. The standard InChI is InChI=1S/C28H32N2O6S.C2H6/c1-3-34-26(32)10-7-16-30(2)28(33)25(37-20-31)18-21-11-13-24(14-12-21)35-17-15-23-19-36-27(29-23)22-8-5-4-6-9-22;1-2/h4-6,8-9,11-14,19-20,25H,3,7,10,15-18H2,1-2H3;1-2H3. The van der Waals surface area contributed by atoms with Crippen LogP contribution in [-0.4, -0.2) is 59.4 Å². The molecule has 0 radical (unpaired) electrons. The lowest BCUT2D eigenvalue weighted by atomic mass is 10.1. The van der Waals surface area contributed by atoms with E-state index < -0.39 is 5.25 Å². The van der Waals surface area contributed by atoms with Gasteiger partial charge in [0.05, 0.1) is 24.2 Å². The van der Waals surface area contributed by atoms with E-state index in [0.29, 0.717) is 56.3 Å². The predicted molar refractivity (Wildman–Crippen MR) is 154 cm³/mol. The van der Waals surface area contributed by atoms with Crippen LogP contribution in [0.1, 0.15) is 44.9 Å². The molecule has 0 aliphatic rings. The number of benzene rings is 2. The molecule has 0 saturated heterocycles. The number of aromatic nitrogens is 1. The number of nitrogens with zero attached hydrogens (tertiary/aromatic N) is 2. The second-order valence-electron chi connectivity index (χ2n) is 8.35. The molecular weight excluding hydrogens is 516 g/mol. The van der Waals surface area contributed by atoms with Crippen molar-refractivity contribution in [1.29, 1.82) is 0 Å². The van der Waals surface area contributed by atoms with Gasteiger partial charge in [-0.2, -0.15) is 0 Å². The van der Waals surface area contributed by atoms with Gasteiger partial charge in [0.25, 0.3) is 0 Å². The third-order valence-electron chi connectivity index (χ3n) is 5.60. The molecule has 0 aliphatic carbocycles. The Morgan fingerprint density at radius 3 is 2.49 bits per heavy atom. The zero-order valence-electron chi connectivity index (χ0n) is 23.1. The number of thioether (sulfide) groups is 1. The Bertz CT molecular complexity index is 1130. The Morgan fingerprint density at radius 1 is 1.10 bits per heavy atom. The summed E-state index contributed by atoms with van der Waals surface area (Å²) in [6, 6.07) is 17.2. The maximum absolute atomic E-state index is 12.9. The SMILES string of the molecule is CC.CCOC(=O)CCCN(C)C(=O)C(Cc1ccc(OCCc2coc(-c3ccccc3)n2)cc1)SC=O. The topological polar surface area (TPSA) is 98.9 Å². The molecule has 1 heterocycles. The van der Waals surface area contributed by atoms with E-state index in [1.54, 1.807) is 25.1 Å². The normalized spacial score (nSPS) is 11.1. The molecule has 0 N–H and O–H groups in total. The minimum Gasteiger partial charge on any atom is -0.493 e. The van der Waals surface area contributed by atoms with E-state index >= 15 is 0 Å². The molecule has 1 atom stereocenters. The summed E-state index contributed by atoms with van der Waals surface area (Å²) in [6.45, 7) is 6.96. The van der Waals surface area contributed by atoms with Crippen LogP contribution in [0.3, 0.4) is 0 Å². The molecule has 0 bridgehead atoms. The van der Waals surface area contributed by atoms with E-state index in [-0.39, 0.29) is 18.3 Å². The van der Waals surface area contributed by atoms with Crippen molar-refractivity contribution in [1.82, 2.24) is 9.88 Å². The Morgan fingerprint density at radius 2 is 1.82 bits per heavy atom. The zero-order valence-corrected chi connectivity index (χ0v) is 23.9. The molecule has 3 rings (SSSR count). The van der Waals surface area contributed by atoms with Crippen molar-refractivity contribution in [2.24, 2.45) is 0 Å². The van der Waals surface area contributed by atoms with Gasteiger partial charge in [0.15, 0.2) is 5.62 Å². The van der Waals surface area contributed by atoms with Gasteiger partial charge < -0.3 is 18.8 Å². The van der Waals surface area contributed by atoms with Gasteiger partial charge >= 0.3 is 5.97 Å². The minimum atomic E-state index is -0.539. The summed E-state index contributed by atoms with van der Waals surface area (Å²) in [5.41, 5.74) is 3.36. The summed E-state index contributed by atoms with van der Waals surface area (Å²) in [6.07, 6.45) is 3.42. The van der Waals surface area contributed by atoms with E-state index in [4.69, 9.17) is 13.9 Å². The number of carbonyl (C=O) groups is 3. The number of hydrogen-bond acceptors (Lipinski definition) is 8. The molecule has 3 aromatic rings. The van der Waals surface area contributed by atoms with E-state index in [2.05, 4.69) is 4.98 Å². The van der Waals surface area contributed by atoms with Crippen LogP contribution in [0.2, 0.25) is 0 Å². The number of rotatable bonds is 15. The second kappa shape index (κ2) is 17.8. The molecule has 210 valence electrons. The average molecular weight is 555 g/mol. The van der Waals surface area contributed by atoms with Crippen molar-refractivity contribution >= 4 is 29.3 Å². The fourth-order valence-electron chi connectivity index (χ4n) is 3.65. The van der Waals surface area contributed by atoms with E-state index in [9.17, 15) is 14.4 Å². The Hall–Kier alpha value is -3.59. The smallest absolute Gasteiger partial charge is 0.305 e. The van der Waals surface area contributed by atoms with Gasteiger partial charge in [-0.1, -0.05) is 55.9 Å². The maximum Gasteiger partial charge on any atom is 0.305 e. The van der Waals surface area contributed by atoms with Crippen molar-refractivity contribution in [3.63, 3.8) is 0 Å². The molecule has 39 heavy (non-hydrogen) atoms. The van der Waals surface area contributed by atoms with Gasteiger partial charge in [-0.15, -0.1) is 0 Å². The summed E-state index contributed by atoms with van der Waals surface area (Å²) >= 11 is 0.961. The Kier molecular flexibility index (Phi) is 14.5. The van der Waals surface area contributed by atoms with Crippen LogP contribution >= 0.6 is 11.8 Å². The van der Waals surface area contributed by atoms with Crippen molar-refractivity contribution in [3.05, 3.63) is 72.1 Å². The van der Waals surface area contributed by atoms with Crippen LogP contribution in [0, 0.1) is 0 Å². The Labute approximate surface area is 235 Å². The zero-order chi connectivity index (χ0) is 28.5. The maximum atomic E-state index is 12.9. The van der Waals surface area contributed by atoms with E-state index in [1.165, 1.54) is 0 Å². The fraction of sp³-hybridized carbons (Fsp3) is 0.400. The van der Waals surface area contributed by atoms with Crippen molar-refractivity contribution < 1.29 is 28.3 Å². The molecule has 9 heteroatoms. The molecule has 0 fully saturated rings. The summed E-state index contributed by atoms with van der Waals surface area (Å²) in [4.78, 5) is 41.6. The fourth-order valence-corrected chi connectivity index (χ4v) is 4.37. The molecule has 0 spiro atoms. The number of carbonyl (C=O) groups excluding carboxylic acids is 3. The minimum absolute atomic E-state index is 0.149. The van der Waals surface area contributed by atoms with Gasteiger partial charge in [0.1, 0.15) is 12.0 Å². The first-order valence-electron chi connectivity index (χ1n) is 13.2.